The Hall–Kier alpha value is -3.03. The number of rotatable bonds is 5. The van der Waals surface area contributed by atoms with Gasteiger partial charge < -0.3 is 24.4 Å². The molecule has 0 spiro atoms. The van der Waals surface area contributed by atoms with Gasteiger partial charge in [0.1, 0.15) is 22.8 Å². The summed E-state index contributed by atoms with van der Waals surface area (Å²) < 4.78 is 14.8. The lowest BCUT2D eigenvalue weighted by Crippen LogP contribution is -2.30. The standard InChI is InChI=1S/C15H16N2O6/c1-8-6-13(17-23-8)16-14(19)9(2)22-15(20)11-7-10(21-3)4-5-12(11)18/h4-7,9,18H,1-3H3,(H,16,17,19). The molecule has 1 unspecified atom stereocenters. The van der Waals surface area contributed by atoms with Crippen LogP contribution in [-0.4, -0.2) is 35.4 Å². The highest BCUT2D eigenvalue weighted by molar-refractivity contribution is 5.98. The summed E-state index contributed by atoms with van der Waals surface area (Å²) >= 11 is 0. The number of aryl methyl sites for hydroxylation is 1. The number of phenolic OH excluding ortho intramolecular Hbond substituents is 1. The van der Waals surface area contributed by atoms with Gasteiger partial charge in [0.25, 0.3) is 5.91 Å². The number of carbonyl (C=O) groups is 2. The molecule has 0 saturated heterocycles. The molecule has 0 saturated carbocycles. The van der Waals surface area contributed by atoms with Gasteiger partial charge in [-0.2, -0.15) is 0 Å². The number of hydrogen-bond donors (Lipinski definition) is 2. The highest BCUT2D eigenvalue weighted by atomic mass is 16.5. The molecule has 1 aromatic heterocycles. The van der Waals surface area contributed by atoms with Crippen LogP contribution in [0.3, 0.4) is 0 Å². The Bertz CT molecular complexity index is 725. The first-order chi connectivity index (χ1) is 10.9. The fraction of sp³-hybridized carbons (Fsp3) is 0.267. The predicted molar refractivity (Wildman–Crippen MR) is 79.4 cm³/mol. The fourth-order valence-electron chi connectivity index (χ4n) is 1.74. The minimum atomic E-state index is -1.09. The molecule has 122 valence electrons. The van der Waals surface area contributed by atoms with Gasteiger partial charge in [-0.1, -0.05) is 5.16 Å². The van der Waals surface area contributed by atoms with Crippen LogP contribution in [0.2, 0.25) is 0 Å². The Balaban J connectivity index is 2.03. The first kappa shape index (κ1) is 16.3. The molecule has 8 nitrogen and oxygen atoms in total. The van der Waals surface area contributed by atoms with Crippen molar-refractivity contribution in [3.05, 3.63) is 35.6 Å². The van der Waals surface area contributed by atoms with Crippen LogP contribution in [0.25, 0.3) is 0 Å². The largest absolute Gasteiger partial charge is 0.507 e. The third-order valence-electron chi connectivity index (χ3n) is 2.96. The first-order valence-corrected chi connectivity index (χ1v) is 6.73. The Morgan fingerprint density at radius 2 is 2.09 bits per heavy atom. The lowest BCUT2D eigenvalue weighted by atomic mass is 10.2. The van der Waals surface area contributed by atoms with Gasteiger partial charge in [-0.25, -0.2) is 4.79 Å². The lowest BCUT2D eigenvalue weighted by molar-refractivity contribution is -0.123. The second kappa shape index (κ2) is 6.82. The Kier molecular flexibility index (Phi) is 4.85. The minimum absolute atomic E-state index is 0.0960. The topological polar surface area (TPSA) is 111 Å². The fourth-order valence-corrected chi connectivity index (χ4v) is 1.74. The number of amides is 1. The van der Waals surface area contributed by atoms with E-state index in [4.69, 9.17) is 14.0 Å². The maximum absolute atomic E-state index is 12.1. The quantitative estimate of drug-likeness (QED) is 0.809. The van der Waals surface area contributed by atoms with E-state index in [9.17, 15) is 14.7 Å². The van der Waals surface area contributed by atoms with Gasteiger partial charge in [0.15, 0.2) is 11.9 Å². The molecule has 1 atom stereocenters. The van der Waals surface area contributed by atoms with E-state index in [1.165, 1.54) is 38.3 Å². The molecule has 0 aliphatic heterocycles. The van der Waals surface area contributed by atoms with Crippen molar-refractivity contribution in [2.24, 2.45) is 0 Å². The second-order valence-electron chi connectivity index (χ2n) is 4.74. The number of hydrogen-bond acceptors (Lipinski definition) is 7. The molecular weight excluding hydrogens is 304 g/mol. The van der Waals surface area contributed by atoms with E-state index in [1.807, 2.05) is 0 Å². The van der Waals surface area contributed by atoms with Crippen LogP contribution >= 0.6 is 0 Å². The summed E-state index contributed by atoms with van der Waals surface area (Å²) in [7, 11) is 1.43. The number of phenols is 1. The van der Waals surface area contributed by atoms with Crippen molar-refractivity contribution in [1.29, 1.82) is 0 Å². The van der Waals surface area contributed by atoms with E-state index in [1.54, 1.807) is 6.92 Å². The van der Waals surface area contributed by atoms with Gasteiger partial charge in [0, 0.05) is 6.07 Å². The van der Waals surface area contributed by atoms with E-state index in [-0.39, 0.29) is 17.1 Å². The lowest BCUT2D eigenvalue weighted by Gasteiger charge is -2.13. The Labute approximate surface area is 132 Å². The van der Waals surface area contributed by atoms with Crippen LogP contribution in [0, 0.1) is 6.92 Å². The number of nitrogens with zero attached hydrogens (tertiary/aromatic N) is 1. The molecule has 0 bridgehead atoms. The number of benzene rings is 1. The van der Waals surface area contributed by atoms with Gasteiger partial charge >= 0.3 is 5.97 Å². The Morgan fingerprint density at radius 1 is 1.35 bits per heavy atom. The molecule has 1 aromatic carbocycles. The number of anilines is 1. The first-order valence-electron chi connectivity index (χ1n) is 6.73. The van der Waals surface area contributed by atoms with E-state index in [2.05, 4.69) is 10.5 Å². The number of methoxy groups -OCH3 is 1. The van der Waals surface area contributed by atoms with Gasteiger partial charge in [0.05, 0.1) is 7.11 Å². The third-order valence-corrected chi connectivity index (χ3v) is 2.96. The molecule has 0 aliphatic carbocycles. The van der Waals surface area contributed by atoms with Gasteiger partial charge in [-0.15, -0.1) is 0 Å². The monoisotopic (exact) mass is 320 g/mol. The second-order valence-corrected chi connectivity index (χ2v) is 4.74. The van der Waals surface area contributed by atoms with Crippen LogP contribution in [-0.2, 0) is 9.53 Å². The zero-order valence-corrected chi connectivity index (χ0v) is 12.8. The molecule has 0 radical (unpaired) electrons. The maximum atomic E-state index is 12.1. The minimum Gasteiger partial charge on any atom is -0.507 e. The van der Waals surface area contributed by atoms with Crippen molar-refractivity contribution >= 4 is 17.7 Å². The van der Waals surface area contributed by atoms with Crippen LogP contribution < -0.4 is 10.1 Å². The summed E-state index contributed by atoms with van der Waals surface area (Å²) in [6, 6.07) is 5.65. The average Bonchev–Trinajstić information content (AvgIpc) is 2.92. The number of esters is 1. The highest BCUT2D eigenvalue weighted by Crippen LogP contribution is 2.24. The van der Waals surface area contributed by atoms with E-state index >= 15 is 0 Å². The molecule has 1 heterocycles. The molecule has 1 amide bonds. The molecule has 0 fully saturated rings. The van der Waals surface area contributed by atoms with Crippen molar-refractivity contribution in [2.75, 3.05) is 12.4 Å². The van der Waals surface area contributed by atoms with Crippen LogP contribution in [0.5, 0.6) is 11.5 Å². The predicted octanol–water partition coefficient (Wildman–Crippen LogP) is 1.88. The van der Waals surface area contributed by atoms with E-state index < -0.39 is 18.0 Å². The molecule has 0 aliphatic rings. The molecule has 23 heavy (non-hydrogen) atoms. The molecular formula is C15H16N2O6. The van der Waals surface area contributed by atoms with E-state index in [0.29, 0.717) is 11.5 Å². The summed E-state index contributed by atoms with van der Waals surface area (Å²) in [5.41, 5.74) is -0.0960. The number of carbonyl (C=O) groups excluding carboxylic acids is 2. The van der Waals surface area contributed by atoms with Crippen molar-refractivity contribution < 1.29 is 28.7 Å². The molecule has 2 N–H and O–H groups in total. The number of aromatic hydroxyl groups is 1. The number of nitrogens with one attached hydrogen (secondary N) is 1. The summed E-state index contributed by atoms with van der Waals surface area (Å²) in [6.45, 7) is 3.08. The van der Waals surface area contributed by atoms with Crippen LogP contribution in [0.4, 0.5) is 5.82 Å². The normalized spacial score (nSPS) is 11.6. The molecule has 2 aromatic rings. The highest BCUT2D eigenvalue weighted by Gasteiger charge is 2.22. The van der Waals surface area contributed by atoms with Gasteiger partial charge in [-0.05, 0) is 32.0 Å². The smallest absolute Gasteiger partial charge is 0.342 e. The summed E-state index contributed by atoms with van der Waals surface area (Å²) in [4.78, 5) is 24.0. The van der Waals surface area contributed by atoms with Gasteiger partial charge in [0.2, 0.25) is 0 Å². The summed E-state index contributed by atoms with van der Waals surface area (Å²) in [6.07, 6.45) is -1.09. The van der Waals surface area contributed by atoms with Crippen LogP contribution in [0.1, 0.15) is 23.0 Å². The number of aromatic nitrogens is 1. The maximum Gasteiger partial charge on any atom is 0.342 e. The van der Waals surface area contributed by atoms with Crippen molar-refractivity contribution in [1.82, 2.24) is 5.16 Å². The molecule has 2 rings (SSSR count). The van der Waals surface area contributed by atoms with Crippen molar-refractivity contribution in [3.8, 4) is 11.5 Å². The number of ether oxygens (including phenoxy) is 2. The van der Waals surface area contributed by atoms with Crippen molar-refractivity contribution in [3.63, 3.8) is 0 Å². The SMILES string of the molecule is COc1ccc(O)c(C(=O)OC(C)C(=O)Nc2cc(C)on2)c1. The zero-order chi connectivity index (χ0) is 17.0. The zero-order valence-electron chi connectivity index (χ0n) is 12.8. The summed E-state index contributed by atoms with van der Waals surface area (Å²) in [5, 5.41) is 15.8. The Morgan fingerprint density at radius 3 is 2.70 bits per heavy atom. The van der Waals surface area contributed by atoms with E-state index in [0.717, 1.165) is 0 Å². The van der Waals surface area contributed by atoms with Gasteiger partial charge in [-0.3, -0.25) is 4.79 Å². The summed E-state index contributed by atoms with van der Waals surface area (Å²) in [5.74, 6) is -0.555. The average molecular weight is 320 g/mol. The third kappa shape index (κ3) is 4.00. The van der Waals surface area contributed by atoms with Crippen LogP contribution in [0.15, 0.2) is 28.8 Å². The molecule has 8 heteroatoms. The van der Waals surface area contributed by atoms with Crippen molar-refractivity contribution in [2.45, 2.75) is 20.0 Å².